The molecule has 3 heterocycles. The zero-order valence-corrected chi connectivity index (χ0v) is 13.7. The Bertz CT molecular complexity index is 1050. The van der Waals surface area contributed by atoms with E-state index in [0.717, 1.165) is 11.3 Å². The summed E-state index contributed by atoms with van der Waals surface area (Å²) in [5.74, 6) is -0.468. The minimum absolute atomic E-state index is 0.0498. The number of pyridine rings is 1. The van der Waals surface area contributed by atoms with Crippen LogP contribution in [0.1, 0.15) is 17.4 Å². The Morgan fingerprint density at radius 1 is 1.04 bits per heavy atom. The van der Waals surface area contributed by atoms with Gasteiger partial charge in [0.05, 0.1) is 34.3 Å². The normalized spacial score (nSPS) is 12.4. The molecule has 0 saturated carbocycles. The molecule has 0 bridgehead atoms. The topological polar surface area (TPSA) is 69.1 Å². The Kier molecular flexibility index (Phi) is 3.91. The number of fused-ring (bicyclic) bond motifs is 1. The molecule has 1 unspecified atom stereocenters. The summed E-state index contributed by atoms with van der Waals surface area (Å²) in [6, 6.07) is 13.3. The minimum Gasteiger partial charge on any atom is -0.318 e. The molecule has 7 heteroatoms. The summed E-state index contributed by atoms with van der Waals surface area (Å²) in [4.78, 5) is 8.60. The molecule has 1 aromatic carbocycles. The predicted molar refractivity (Wildman–Crippen MR) is 93.7 cm³/mol. The number of nitrogens with two attached hydrogens (primary N) is 1. The Balaban J connectivity index is 1.81. The van der Waals surface area contributed by atoms with E-state index in [0.29, 0.717) is 17.0 Å². The fourth-order valence-electron chi connectivity index (χ4n) is 2.62. The maximum absolute atomic E-state index is 13.4. The summed E-state index contributed by atoms with van der Waals surface area (Å²) >= 11 is 5.89. The van der Waals surface area contributed by atoms with Crippen LogP contribution in [0.5, 0.6) is 0 Å². The second kappa shape index (κ2) is 6.23. The highest BCUT2D eigenvalue weighted by molar-refractivity contribution is 6.31. The molecule has 0 saturated heterocycles. The Morgan fingerprint density at radius 2 is 1.92 bits per heavy atom. The summed E-state index contributed by atoms with van der Waals surface area (Å²) in [5, 5.41) is 4.64. The average Bonchev–Trinajstić information content (AvgIpc) is 3.07. The molecule has 3 aromatic heterocycles. The summed E-state index contributed by atoms with van der Waals surface area (Å²) in [7, 11) is 0. The number of hydrogen-bond donors (Lipinski definition) is 1. The molecule has 0 spiro atoms. The van der Waals surface area contributed by atoms with Crippen molar-refractivity contribution >= 4 is 17.2 Å². The summed E-state index contributed by atoms with van der Waals surface area (Å²) in [6.45, 7) is 0. The van der Waals surface area contributed by atoms with Gasteiger partial charge in [0, 0.05) is 11.8 Å². The molecule has 124 valence electrons. The molecule has 25 heavy (non-hydrogen) atoms. The first-order valence-electron chi connectivity index (χ1n) is 7.60. The number of benzene rings is 1. The van der Waals surface area contributed by atoms with E-state index < -0.39 is 11.9 Å². The lowest BCUT2D eigenvalue weighted by Gasteiger charge is -2.11. The highest BCUT2D eigenvalue weighted by Crippen LogP contribution is 2.26. The zero-order valence-electron chi connectivity index (χ0n) is 13.0. The lowest BCUT2D eigenvalue weighted by molar-refractivity contribution is 0.628. The minimum atomic E-state index is -0.468. The van der Waals surface area contributed by atoms with Crippen molar-refractivity contribution in [3.8, 4) is 11.3 Å². The van der Waals surface area contributed by atoms with Gasteiger partial charge in [0.1, 0.15) is 5.82 Å². The Morgan fingerprint density at radius 3 is 2.68 bits per heavy atom. The van der Waals surface area contributed by atoms with E-state index in [1.165, 1.54) is 6.07 Å². The molecular formula is C18H13ClFN5. The van der Waals surface area contributed by atoms with Crippen LogP contribution < -0.4 is 5.73 Å². The van der Waals surface area contributed by atoms with E-state index in [1.807, 2.05) is 30.3 Å². The smallest absolute Gasteiger partial charge is 0.154 e. The van der Waals surface area contributed by atoms with Crippen molar-refractivity contribution in [2.24, 2.45) is 5.73 Å². The number of rotatable bonds is 3. The number of imidazole rings is 1. The van der Waals surface area contributed by atoms with Crippen LogP contribution in [0.25, 0.3) is 16.9 Å². The molecule has 0 radical (unpaired) electrons. The van der Waals surface area contributed by atoms with Gasteiger partial charge in [0.15, 0.2) is 5.65 Å². The van der Waals surface area contributed by atoms with Crippen molar-refractivity contribution in [1.82, 2.24) is 19.6 Å². The molecule has 2 N–H and O–H groups in total. The molecule has 5 nitrogen and oxygen atoms in total. The van der Waals surface area contributed by atoms with Crippen molar-refractivity contribution in [3.63, 3.8) is 0 Å². The predicted octanol–water partition coefficient (Wildman–Crippen LogP) is 3.63. The molecule has 0 aliphatic heterocycles. The van der Waals surface area contributed by atoms with Crippen molar-refractivity contribution in [1.29, 1.82) is 0 Å². The maximum atomic E-state index is 13.4. The highest BCUT2D eigenvalue weighted by atomic mass is 35.5. The van der Waals surface area contributed by atoms with Gasteiger partial charge in [-0.3, -0.25) is 4.98 Å². The van der Waals surface area contributed by atoms with Gasteiger partial charge in [-0.1, -0.05) is 17.7 Å². The van der Waals surface area contributed by atoms with E-state index in [2.05, 4.69) is 15.1 Å². The number of nitrogens with zero attached hydrogens (tertiary/aromatic N) is 4. The van der Waals surface area contributed by atoms with Crippen LogP contribution in [0, 0.1) is 5.82 Å². The number of halogens is 2. The first kappa shape index (κ1) is 15.7. The molecule has 4 rings (SSSR count). The largest absolute Gasteiger partial charge is 0.318 e. The number of aromatic nitrogens is 4. The van der Waals surface area contributed by atoms with Gasteiger partial charge < -0.3 is 5.73 Å². The van der Waals surface area contributed by atoms with Crippen LogP contribution in [0.15, 0.2) is 60.9 Å². The quantitative estimate of drug-likeness (QED) is 0.610. The lowest BCUT2D eigenvalue weighted by atomic mass is 10.1. The van der Waals surface area contributed by atoms with Gasteiger partial charge in [-0.2, -0.15) is 5.10 Å². The van der Waals surface area contributed by atoms with Gasteiger partial charge in [0.2, 0.25) is 0 Å². The van der Waals surface area contributed by atoms with Gasteiger partial charge in [0.25, 0.3) is 0 Å². The lowest BCUT2D eigenvalue weighted by Crippen LogP contribution is -2.16. The van der Waals surface area contributed by atoms with E-state index in [9.17, 15) is 4.39 Å². The Labute approximate surface area is 147 Å². The first-order chi connectivity index (χ1) is 12.1. The summed E-state index contributed by atoms with van der Waals surface area (Å²) < 4.78 is 15.1. The second-order valence-corrected chi connectivity index (χ2v) is 5.94. The van der Waals surface area contributed by atoms with Gasteiger partial charge in [-0.15, -0.1) is 0 Å². The van der Waals surface area contributed by atoms with Crippen LogP contribution in [-0.4, -0.2) is 19.6 Å². The third kappa shape index (κ3) is 2.86. The zero-order chi connectivity index (χ0) is 17.4. The highest BCUT2D eigenvalue weighted by Gasteiger charge is 2.15. The molecule has 0 aliphatic rings. The van der Waals surface area contributed by atoms with Crippen LogP contribution in [0.3, 0.4) is 0 Å². The van der Waals surface area contributed by atoms with Crippen LogP contribution in [0.2, 0.25) is 5.02 Å². The van der Waals surface area contributed by atoms with Crippen LogP contribution in [0.4, 0.5) is 4.39 Å². The number of hydrogen-bond acceptors (Lipinski definition) is 4. The van der Waals surface area contributed by atoms with Crippen LogP contribution >= 0.6 is 11.6 Å². The Hall–Kier alpha value is -2.83. The van der Waals surface area contributed by atoms with Crippen molar-refractivity contribution in [3.05, 3.63) is 83.2 Å². The fraction of sp³-hybridized carbons (Fsp3) is 0.0556. The molecule has 0 amide bonds. The van der Waals surface area contributed by atoms with Gasteiger partial charge >= 0.3 is 0 Å². The third-order valence-electron chi connectivity index (χ3n) is 3.92. The SMILES string of the molecule is NC(c1ccccn1)c1ccc2ncc(-c3ccc(F)c(Cl)c3)n2n1. The summed E-state index contributed by atoms with van der Waals surface area (Å²) in [5.41, 5.74) is 9.73. The maximum Gasteiger partial charge on any atom is 0.154 e. The molecule has 0 aliphatic carbocycles. The third-order valence-corrected chi connectivity index (χ3v) is 4.21. The molecule has 1 atom stereocenters. The first-order valence-corrected chi connectivity index (χ1v) is 7.98. The van der Waals surface area contributed by atoms with Crippen molar-refractivity contribution < 1.29 is 4.39 Å². The van der Waals surface area contributed by atoms with Crippen LogP contribution in [-0.2, 0) is 0 Å². The standard InChI is InChI=1S/C18H13ClFN5/c19-12-9-11(4-5-13(12)20)16-10-23-17-7-6-15(24-25(16)17)18(21)14-3-1-2-8-22-14/h1-10,18H,21H2. The molecule has 0 fully saturated rings. The molecular weight excluding hydrogens is 341 g/mol. The van der Waals surface area contributed by atoms with E-state index in [-0.39, 0.29) is 5.02 Å². The van der Waals surface area contributed by atoms with Crippen molar-refractivity contribution in [2.45, 2.75) is 6.04 Å². The van der Waals surface area contributed by atoms with E-state index in [4.69, 9.17) is 17.3 Å². The second-order valence-electron chi connectivity index (χ2n) is 5.53. The molecule has 4 aromatic rings. The monoisotopic (exact) mass is 353 g/mol. The van der Waals surface area contributed by atoms with E-state index >= 15 is 0 Å². The fourth-order valence-corrected chi connectivity index (χ4v) is 2.80. The average molecular weight is 354 g/mol. The van der Waals surface area contributed by atoms with E-state index in [1.54, 1.807) is 29.0 Å². The van der Waals surface area contributed by atoms with Gasteiger partial charge in [-0.25, -0.2) is 13.9 Å². The van der Waals surface area contributed by atoms with Crippen molar-refractivity contribution in [2.75, 3.05) is 0 Å². The van der Waals surface area contributed by atoms with Gasteiger partial charge in [-0.05, 0) is 42.5 Å². The summed E-state index contributed by atoms with van der Waals surface area (Å²) in [6.07, 6.45) is 3.36.